The van der Waals surface area contributed by atoms with Gasteiger partial charge in [-0.1, -0.05) is 19.4 Å². The van der Waals surface area contributed by atoms with Gasteiger partial charge in [-0.3, -0.25) is 0 Å². The van der Waals surface area contributed by atoms with E-state index in [1.807, 2.05) is 18.2 Å². The molecule has 0 aliphatic heterocycles. The summed E-state index contributed by atoms with van der Waals surface area (Å²) in [7, 11) is 0. The summed E-state index contributed by atoms with van der Waals surface area (Å²) in [6, 6.07) is 5.62. The minimum absolute atomic E-state index is 0.0609. The molecule has 0 spiro atoms. The zero-order valence-corrected chi connectivity index (χ0v) is 13.5. The van der Waals surface area contributed by atoms with Gasteiger partial charge in [-0.2, -0.15) is 0 Å². The summed E-state index contributed by atoms with van der Waals surface area (Å²) in [4.78, 5) is 12.2. The average molecular weight is 312 g/mol. The summed E-state index contributed by atoms with van der Waals surface area (Å²) in [6.07, 6.45) is 8.53. The van der Waals surface area contributed by atoms with Crippen molar-refractivity contribution in [1.82, 2.24) is 0 Å². The fraction of sp³-hybridized carbons (Fsp3) is 0.474. The number of ether oxygens (including phenoxy) is 1. The number of aryl methyl sites for hydroxylation is 1. The van der Waals surface area contributed by atoms with E-state index in [1.54, 1.807) is 0 Å². The van der Waals surface area contributed by atoms with Gasteiger partial charge in [0.1, 0.15) is 17.4 Å². The highest BCUT2D eigenvalue weighted by atomic mass is 16.5. The minimum atomic E-state index is -0.206. The van der Waals surface area contributed by atoms with Gasteiger partial charge in [-0.05, 0) is 49.8 Å². The molecule has 2 aromatic rings. The van der Waals surface area contributed by atoms with Crippen LogP contribution in [0.1, 0.15) is 50.2 Å². The highest BCUT2D eigenvalue weighted by molar-refractivity contribution is 5.88. The molecule has 23 heavy (non-hydrogen) atoms. The molecule has 4 nitrogen and oxygen atoms in total. The molecule has 1 radical (unpaired) electrons. The van der Waals surface area contributed by atoms with Gasteiger partial charge < -0.3 is 14.6 Å². The molecule has 1 unspecified atom stereocenters. The Hall–Kier alpha value is -2.10. The Morgan fingerprint density at radius 3 is 2.83 bits per heavy atom. The third-order valence-corrected chi connectivity index (χ3v) is 4.44. The predicted molar refractivity (Wildman–Crippen MR) is 90.8 cm³/mol. The van der Waals surface area contributed by atoms with Crippen LogP contribution in [-0.2, 0) is 12.8 Å². The van der Waals surface area contributed by atoms with E-state index in [1.165, 1.54) is 0 Å². The summed E-state index contributed by atoms with van der Waals surface area (Å²) in [6.45, 7) is 2.10. The molecule has 0 amide bonds. The standard InChI is InChI=1S/C19H22NO3/c1-2-6-13(11-12-20)22-16-9-5-10-17-18(16)14-7-3-4-8-15(14)19(21)23-17/h5,9-10,13,20H,2-4,6-8,11H2,1H3. The van der Waals surface area contributed by atoms with Crippen molar-refractivity contribution in [1.29, 1.82) is 5.41 Å². The average Bonchev–Trinajstić information content (AvgIpc) is 2.55. The lowest BCUT2D eigenvalue weighted by Gasteiger charge is -2.21. The summed E-state index contributed by atoms with van der Waals surface area (Å²) in [5.74, 6) is 0.762. The van der Waals surface area contributed by atoms with Crippen LogP contribution in [0.3, 0.4) is 0 Å². The van der Waals surface area contributed by atoms with Crippen molar-refractivity contribution >= 4 is 17.2 Å². The molecule has 4 heteroatoms. The van der Waals surface area contributed by atoms with Crippen LogP contribution < -0.4 is 10.4 Å². The third-order valence-electron chi connectivity index (χ3n) is 4.44. The molecule has 1 atom stereocenters. The highest BCUT2D eigenvalue weighted by Gasteiger charge is 2.21. The number of fused-ring (bicyclic) bond motifs is 3. The molecule has 1 aliphatic carbocycles. The maximum absolute atomic E-state index is 12.2. The number of nitrogens with one attached hydrogen (secondary N) is 1. The second kappa shape index (κ2) is 6.99. The Balaban J connectivity index is 2.10. The second-order valence-electron chi connectivity index (χ2n) is 6.09. The fourth-order valence-electron chi connectivity index (χ4n) is 3.38. The fourth-order valence-corrected chi connectivity index (χ4v) is 3.38. The summed E-state index contributed by atoms with van der Waals surface area (Å²) in [5, 5.41) is 8.17. The van der Waals surface area contributed by atoms with E-state index in [9.17, 15) is 4.79 Å². The molecular formula is C19H22NO3. The van der Waals surface area contributed by atoms with Crippen molar-refractivity contribution in [3.05, 3.63) is 39.7 Å². The molecule has 0 fully saturated rings. The van der Waals surface area contributed by atoms with Crippen molar-refractivity contribution < 1.29 is 9.15 Å². The van der Waals surface area contributed by atoms with E-state index in [-0.39, 0.29) is 11.7 Å². The van der Waals surface area contributed by atoms with Crippen molar-refractivity contribution in [2.24, 2.45) is 0 Å². The van der Waals surface area contributed by atoms with E-state index in [4.69, 9.17) is 14.6 Å². The van der Waals surface area contributed by atoms with Gasteiger partial charge in [-0.25, -0.2) is 4.79 Å². The van der Waals surface area contributed by atoms with Gasteiger partial charge in [0.15, 0.2) is 0 Å². The van der Waals surface area contributed by atoms with Gasteiger partial charge in [-0.15, -0.1) is 0 Å². The molecule has 121 valence electrons. The normalized spacial score (nSPS) is 15.2. The van der Waals surface area contributed by atoms with E-state index >= 15 is 0 Å². The van der Waals surface area contributed by atoms with E-state index in [0.29, 0.717) is 12.0 Å². The zero-order chi connectivity index (χ0) is 16.2. The Morgan fingerprint density at radius 2 is 2.09 bits per heavy atom. The quantitative estimate of drug-likeness (QED) is 0.644. The first-order valence-corrected chi connectivity index (χ1v) is 8.38. The van der Waals surface area contributed by atoms with Gasteiger partial charge in [0, 0.05) is 12.0 Å². The number of rotatable bonds is 6. The molecule has 3 rings (SSSR count). The van der Waals surface area contributed by atoms with Crippen molar-refractivity contribution in [3.8, 4) is 5.75 Å². The van der Waals surface area contributed by atoms with Crippen LogP contribution in [0, 0.1) is 5.41 Å². The molecule has 0 bridgehead atoms. The number of hydrogen-bond donors (Lipinski definition) is 1. The first-order valence-electron chi connectivity index (χ1n) is 8.38. The van der Waals surface area contributed by atoms with Crippen LogP contribution in [0.5, 0.6) is 5.75 Å². The maximum atomic E-state index is 12.2. The third kappa shape index (κ3) is 3.16. The lowest BCUT2D eigenvalue weighted by molar-refractivity contribution is 0.201. The van der Waals surface area contributed by atoms with Crippen molar-refractivity contribution in [2.75, 3.05) is 0 Å². The highest BCUT2D eigenvalue weighted by Crippen LogP contribution is 2.34. The Morgan fingerprint density at radius 1 is 1.30 bits per heavy atom. The van der Waals surface area contributed by atoms with Crippen LogP contribution in [0.2, 0.25) is 0 Å². The number of hydrogen-bond acceptors (Lipinski definition) is 4. The van der Waals surface area contributed by atoms with Crippen LogP contribution >= 0.6 is 0 Å². The first kappa shape index (κ1) is 15.8. The Kier molecular flexibility index (Phi) is 4.79. The predicted octanol–water partition coefficient (Wildman–Crippen LogP) is 4.14. The van der Waals surface area contributed by atoms with Crippen LogP contribution in [0.4, 0.5) is 0 Å². The molecular weight excluding hydrogens is 290 g/mol. The SMILES string of the molecule is CCCC(C[C]=N)Oc1cccc2oc(=O)c3c(c12)CCCC3. The second-order valence-corrected chi connectivity index (χ2v) is 6.09. The van der Waals surface area contributed by atoms with Crippen molar-refractivity contribution in [2.45, 2.75) is 58.0 Å². The molecule has 1 heterocycles. The van der Waals surface area contributed by atoms with Crippen LogP contribution in [0.25, 0.3) is 11.0 Å². The van der Waals surface area contributed by atoms with Gasteiger partial charge in [0.2, 0.25) is 0 Å². The summed E-state index contributed by atoms with van der Waals surface area (Å²) in [5.41, 5.74) is 2.29. The van der Waals surface area contributed by atoms with E-state index in [0.717, 1.165) is 60.8 Å². The van der Waals surface area contributed by atoms with E-state index < -0.39 is 0 Å². The zero-order valence-electron chi connectivity index (χ0n) is 13.5. The van der Waals surface area contributed by atoms with Gasteiger partial charge >= 0.3 is 5.63 Å². The molecule has 0 saturated carbocycles. The Bertz CT molecular complexity index is 763. The molecule has 0 saturated heterocycles. The van der Waals surface area contributed by atoms with Gasteiger partial charge in [0.05, 0.1) is 11.6 Å². The summed E-state index contributed by atoms with van der Waals surface area (Å²) >= 11 is 0. The molecule has 1 aliphatic rings. The van der Waals surface area contributed by atoms with Crippen LogP contribution in [0.15, 0.2) is 27.4 Å². The van der Waals surface area contributed by atoms with Crippen LogP contribution in [-0.4, -0.2) is 12.3 Å². The van der Waals surface area contributed by atoms with Gasteiger partial charge in [0.25, 0.3) is 0 Å². The smallest absolute Gasteiger partial charge is 0.339 e. The topological polar surface area (TPSA) is 63.3 Å². The number of benzene rings is 1. The largest absolute Gasteiger partial charge is 0.489 e. The lowest BCUT2D eigenvalue weighted by Crippen LogP contribution is -2.19. The van der Waals surface area contributed by atoms with Crippen molar-refractivity contribution in [3.63, 3.8) is 0 Å². The molecule has 1 aromatic heterocycles. The Labute approximate surface area is 136 Å². The lowest BCUT2D eigenvalue weighted by atomic mass is 9.90. The molecule has 1 aromatic carbocycles. The minimum Gasteiger partial charge on any atom is -0.489 e. The first-order chi connectivity index (χ1) is 11.2. The monoisotopic (exact) mass is 312 g/mol. The van der Waals surface area contributed by atoms with E-state index in [2.05, 4.69) is 13.1 Å². The molecule has 1 N–H and O–H groups in total. The maximum Gasteiger partial charge on any atom is 0.339 e. The summed E-state index contributed by atoms with van der Waals surface area (Å²) < 4.78 is 11.7.